The van der Waals surface area contributed by atoms with Gasteiger partial charge in [0, 0.05) is 6.07 Å². The maximum atomic E-state index is 12.4. The van der Waals surface area contributed by atoms with Gasteiger partial charge in [-0.15, -0.1) is 0 Å². The lowest BCUT2D eigenvalue weighted by molar-refractivity contribution is -0.384. The number of sulfone groups is 1. The summed E-state index contributed by atoms with van der Waals surface area (Å²) in [5.74, 6) is 0. The van der Waals surface area contributed by atoms with Crippen LogP contribution in [0.1, 0.15) is 0 Å². The van der Waals surface area contributed by atoms with Crippen LogP contribution < -0.4 is 4.72 Å². The van der Waals surface area contributed by atoms with E-state index in [9.17, 15) is 26.9 Å². The number of nitrogens with zero attached hydrogens (tertiary/aromatic N) is 1. The summed E-state index contributed by atoms with van der Waals surface area (Å²) in [5.41, 5.74) is -0.947. The molecule has 0 saturated carbocycles. The van der Waals surface area contributed by atoms with Crippen LogP contribution in [0.5, 0.6) is 0 Å². The van der Waals surface area contributed by atoms with Crippen molar-refractivity contribution in [2.45, 2.75) is 9.79 Å². The second-order valence-electron chi connectivity index (χ2n) is 4.63. The average molecular weight is 356 g/mol. The molecule has 0 aliphatic carbocycles. The largest absolute Gasteiger partial charge is 0.294 e. The summed E-state index contributed by atoms with van der Waals surface area (Å²) in [6, 6.07) is 10.4. The van der Waals surface area contributed by atoms with Crippen LogP contribution in [0.25, 0.3) is 0 Å². The molecule has 0 radical (unpaired) electrons. The Morgan fingerprint density at radius 1 is 0.957 bits per heavy atom. The number of anilines is 1. The average Bonchev–Trinajstić information content (AvgIpc) is 2.46. The van der Waals surface area contributed by atoms with Gasteiger partial charge < -0.3 is 0 Å². The van der Waals surface area contributed by atoms with Crippen LogP contribution in [-0.4, -0.2) is 28.0 Å². The highest BCUT2D eigenvalue weighted by atomic mass is 32.2. The SMILES string of the molecule is CS(=O)(=O)Nc1ccc(S(=O)(=O)c2ccccc2)cc1[N+](=O)[O-]. The van der Waals surface area contributed by atoms with Crippen molar-refractivity contribution in [2.75, 3.05) is 11.0 Å². The molecule has 0 aromatic heterocycles. The molecule has 0 aliphatic heterocycles. The molecule has 2 rings (SSSR count). The first kappa shape index (κ1) is 16.9. The van der Waals surface area contributed by atoms with E-state index in [4.69, 9.17) is 0 Å². The molecule has 10 heteroatoms. The number of hydrogen-bond acceptors (Lipinski definition) is 6. The first-order chi connectivity index (χ1) is 10.6. The molecule has 8 nitrogen and oxygen atoms in total. The van der Waals surface area contributed by atoms with Crippen molar-refractivity contribution in [2.24, 2.45) is 0 Å². The molecule has 23 heavy (non-hydrogen) atoms. The third-order valence-corrected chi connectivity index (χ3v) is 5.18. The van der Waals surface area contributed by atoms with Gasteiger partial charge in [0.25, 0.3) is 5.69 Å². The van der Waals surface area contributed by atoms with Crippen molar-refractivity contribution in [3.05, 3.63) is 58.6 Å². The van der Waals surface area contributed by atoms with E-state index < -0.39 is 30.5 Å². The van der Waals surface area contributed by atoms with Crippen molar-refractivity contribution in [3.8, 4) is 0 Å². The lowest BCUT2D eigenvalue weighted by atomic mass is 10.3. The summed E-state index contributed by atoms with van der Waals surface area (Å²) in [6.07, 6.45) is 0.839. The third kappa shape index (κ3) is 3.85. The van der Waals surface area contributed by atoms with Crippen LogP contribution in [0.2, 0.25) is 0 Å². The first-order valence-electron chi connectivity index (χ1n) is 6.17. The number of nitro groups is 1. The van der Waals surface area contributed by atoms with Gasteiger partial charge in [-0.1, -0.05) is 18.2 Å². The summed E-state index contributed by atoms with van der Waals surface area (Å²) in [5, 5.41) is 11.1. The van der Waals surface area contributed by atoms with Gasteiger partial charge in [0.1, 0.15) is 5.69 Å². The summed E-state index contributed by atoms with van der Waals surface area (Å²) < 4.78 is 49.3. The van der Waals surface area contributed by atoms with Crippen molar-refractivity contribution in [1.29, 1.82) is 0 Å². The Hall–Kier alpha value is -2.46. The van der Waals surface area contributed by atoms with Crippen molar-refractivity contribution >= 4 is 31.2 Å². The Morgan fingerprint density at radius 2 is 1.57 bits per heavy atom. The predicted molar refractivity (Wildman–Crippen MR) is 83.5 cm³/mol. The minimum Gasteiger partial charge on any atom is -0.277 e. The van der Waals surface area contributed by atoms with Crippen LogP contribution in [0, 0.1) is 10.1 Å². The molecule has 0 heterocycles. The van der Waals surface area contributed by atoms with E-state index in [1.807, 2.05) is 4.72 Å². The summed E-state index contributed by atoms with van der Waals surface area (Å²) in [6.45, 7) is 0. The van der Waals surface area contributed by atoms with Crippen LogP contribution in [0.4, 0.5) is 11.4 Å². The molecule has 2 aromatic rings. The smallest absolute Gasteiger partial charge is 0.277 e. The Bertz CT molecular complexity index is 953. The monoisotopic (exact) mass is 356 g/mol. The van der Waals surface area contributed by atoms with Gasteiger partial charge in [0.05, 0.1) is 21.0 Å². The maximum absolute atomic E-state index is 12.4. The van der Waals surface area contributed by atoms with Crippen LogP contribution in [-0.2, 0) is 19.9 Å². The number of nitro benzene ring substituents is 1. The van der Waals surface area contributed by atoms with Gasteiger partial charge in [-0.05, 0) is 24.3 Å². The van der Waals surface area contributed by atoms with E-state index in [0.29, 0.717) is 0 Å². The van der Waals surface area contributed by atoms with Crippen LogP contribution >= 0.6 is 0 Å². The molecule has 0 fully saturated rings. The minimum absolute atomic E-state index is 0.0156. The van der Waals surface area contributed by atoms with Crippen molar-refractivity contribution in [3.63, 3.8) is 0 Å². The highest BCUT2D eigenvalue weighted by Gasteiger charge is 2.24. The Labute approximate surface area is 132 Å². The Kier molecular flexibility index (Phi) is 4.39. The van der Waals surface area contributed by atoms with E-state index in [1.54, 1.807) is 6.07 Å². The molecular weight excluding hydrogens is 344 g/mol. The standard InChI is InChI=1S/C13H12N2O6S2/c1-22(18,19)14-12-8-7-11(9-13(12)15(16)17)23(20,21)10-5-3-2-4-6-10/h2-9,14H,1H3. The third-order valence-electron chi connectivity index (χ3n) is 2.83. The molecule has 0 spiro atoms. The first-order valence-corrected chi connectivity index (χ1v) is 9.55. The predicted octanol–water partition coefficient (Wildman–Crippen LogP) is 1.80. The Balaban J connectivity index is 2.59. The summed E-state index contributed by atoms with van der Waals surface area (Å²) in [4.78, 5) is 9.94. The van der Waals surface area contributed by atoms with Crippen molar-refractivity contribution in [1.82, 2.24) is 0 Å². The number of benzene rings is 2. The van der Waals surface area contributed by atoms with Crippen LogP contribution in [0.3, 0.4) is 0 Å². The normalized spacial score (nSPS) is 11.9. The molecule has 0 atom stereocenters. The zero-order valence-electron chi connectivity index (χ0n) is 11.8. The van der Waals surface area contributed by atoms with Gasteiger partial charge in [-0.2, -0.15) is 0 Å². The van der Waals surface area contributed by atoms with E-state index in [1.165, 1.54) is 24.3 Å². The number of nitrogens with one attached hydrogen (secondary N) is 1. The lowest BCUT2D eigenvalue weighted by Gasteiger charge is -2.08. The number of sulfonamides is 1. The zero-order valence-corrected chi connectivity index (χ0v) is 13.5. The summed E-state index contributed by atoms with van der Waals surface area (Å²) >= 11 is 0. The molecule has 2 aromatic carbocycles. The molecule has 122 valence electrons. The van der Waals surface area contributed by atoms with Gasteiger partial charge in [-0.3, -0.25) is 14.8 Å². The van der Waals surface area contributed by atoms with E-state index in [0.717, 1.165) is 24.5 Å². The lowest BCUT2D eigenvalue weighted by Crippen LogP contribution is -2.12. The van der Waals surface area contributed by atoms with Gasteiger partial charge in [0.15, 0.2) is 0 Å². The van der Waals surface area contributed by atoms with Crippen molar-refractivity contribution < 1.29 is 21.8 Å². The molecule has 0 unspecified atom stereocenters. The molecular formula is C13H12N2O6S2. The number of hydrogen-bond donors (Lipinski definition) is 1. The van der Waals surface area contributed by atoms with Gasteiger partial charge in [0.2, 0.25) is 19.9 Å². The zero-order chi connectivity index (χ0) is 17.3. The fraction of sp³-hybridized carbons (Fsp3) is 0.0769. The topological polar surface area (TPSA) is 123 Å². The number of rotatable bonds is 5. The van der Waals surface area contributed by atoms with E-state index >= 15 is 0 Å². The molecule has 0 aliphatic rings. The molecule has 0 saturated heterocycles. The highest BCUT2D eigenvalue weighted by molar-refractivity contribution is 7.92. The quantitative estimate of drug-likeness (QED) is 0.643. The summed E-state index contributed by atoms with van der Waals surface area (Å²) in [7, 11) is -7.67. The highest BCUT2D eigenvalue weighted by Crippen LogP contribution is 2.30. The Morgan fingerprint density at radius 3 is 2.09 bits per heavy atom. The molecule has 0 bridgehead atoms. The van der Waals surface area contributed by atoms with Gasteiger partial charge in [-0.25, -0.2) is 16.8 Å². The second-order valence-corrected chi connectivity index (χ2v) is 8.32. The molecule has 1 N–H and O–H groups in total. The van der Waals surface area contributed by atoms with E-state index in [2.05, 4.69) is 0 Å². The van der Waals surface area contributed by atoms with Crippen LogP contribution in [0.15, 0.2) is 58.3 Å². The fourth-order valence-corrected chi connectivity index (χ4v) is 3.73. The second kappa shape index (κ2) is 5.97. The maximum Gasteiger partial charge on any atom is 0.294 e. The van der Waals surface area contributed by atoms with E-state index in [-0.39, 0.29) is 15.5 Å². The fourth-order valence-electron chi connectivity index (χ4n) is 1.85. The van der Waals surface area contributed by atoms with Gasteiger partial charge >= 0.3 is 0 Å². The molecule has 0 amide bonds. The minimum atomic E-state index is -3.94.